The molecule has 1 aromatic carbocycles. The van der Waals surface area contributed by atoms with Gasteiger partial charge in [-0.3, -0.25) is 0 Å². The van der Waals surface area contributed by atoms with Gasteiger partial charge in [0, 0.05) is 18.5 Å². The molecule has 1 aromatic rings. The first kappa shape index (κ1) is 33.2. The van der Waals surface area contributed by atoms with E-state index in [1.807, 2.05) is 35.4 Å². The van der Waals surface area contributed by atoms with Crippen LogP contribution < -0.4 is 4.72 Å². The molecule has 1 N–H and O–H groups in total. The maximum atomic E-state index is 13.2. The van der Waals surface area contributed by atoms with Crippen molar-refractivity contribution in [3.05, 3.63) is 47.0 Å². The van der Waals surface area contributed by atoms with Crippen molar-refractivity contribution in [2.75, 3.05) is 19.4 Å². The molecule has 6 rings (SSSR count). The van der Waals surface area contributed by atoms with Gasteiger partial charge in [-0.05, 0) is 112 Å². The monoisotopic (exact) mass is 640 g/mol. The number of benzene rings is 1. The topological polar surface area (TPSA) is 84.9 Å². The van der Waals surface area contributed by atoms with Crippen molar-refractivity contribution in [1.82, 2.24) is 9.79 Å². The first-order valence-corrected chi connectivity index (χ1v) is 19.6. The number of fused-ring (bicyclic) bond motifs is 5. The molecule has 0 unspecified atom stereocenters. The molecule has 250 valence electrons. The molecule has 1 spiro atoms. The summed E-state index contributed by atoms with van der Waals surface area (Å²) in [5.74, 6) is 2.97. The van der Waals surface area contributed by atoms with Gasteiger partial charge in [0.05, 0.1) is 30.1 Å². The second-order valence-corrected chi connectivity index (χ2v) is 17.6. The van der Waals surface area contributed by atoms with Crippen LogP contribution in [0.1, 0.15) is 109 Å². The van der Waals surface area contributed by atoms with Gasteiger partial charge in [0.2, 0.25) is 10.0 Å². The number of hydrogen-bond acceptors (Lipinski definition) is 6. The molecule has 4 aliphatic carbocycles. The van der Waals surface area contributed by atoms with E-state index in [1.165, 1.54) is 37.5 Å². The average molecular weight is 641 g/mol. The van der Waals surface area contributed by atoms with Crippen molar-refractivity contribution in [3.63, 3.8) is 0 Å². The summed E-state index contributed by atoms with van der Waals surface area (Å²) in [6.45, 7) is 12.9. The SMILES string of the molecule is CC[C@H](C)CN(OC(=O)c1ccccc1)[C@@H]1CO[C@]2(CC[C@@H]3C(=C(C)C2)C[C@H]2[C@H]3CC[C@@H]3C[C@H](NS(C)(=O)=O)CC[C@@]32C)[C@@H]1C. The normalized spacial score (nSPS) is 38.9. The third-order valence-corrected chi connectivity index (χ3v) is 14.0. The third-order valence-electron chi connectivity index (χ3n) is 13.2. The molecular weight excluding hydrogens is 584 g/mol. The van der Waals surface area contributed by atoms with Gasteiger partial charge in [-0.25, -0.2) is 17.9 Å². The molecular formula is C37H56N2O5S. The predicted molar refractivity (Wildman–Crippen MR) is 178 cm³/mol. The van der Waals surface area contributed by atoms with Crippen LogP contribution in [0.3, 0.4) is 0 Å². The highest BCUT2D eigenvalue weighted by molar-refractivity contribution is 7.88. The molecule has 0 radical (unpaired) electrons. The zero-order valence-electron chi connectivity index (χ0n) is 28.4. The Balaban J connectivity index is 1.18. The summed E-state index contributed by atoms with van der Waals surface area (Å²) in [5, 5.41) is 1.96. The van der Waals surface area contributed by atoms with Crippen molar-refractivity contribution < 1.29 is 22.8 Å². The number of nitrogens with zero attached hydrogens (tertiary/aromatic N) is 1. The van der Waals surface area contributed by atoms with Crippen LogP contribution in [0.15, 0.2) is 41.5 Å². The summed E-state index contributed by atoms with van der Waals surface area (Å²) in [6, 6.07) is 9.42. The van der Waals surface area contributed by atoms with Crippen LogP contribution in [0.25, 0.3) is 0 Å². The van der Waals surface area contributed by atoms with Crippen molar-refractivity contribution in [2.45, 2.75) is 117 Å². The maximum Gasteiger partial charge on any atom is 0.357 e. The Labute approximate surface area is 271 Å². The summed E-state index contributed by atoms with van der Waals surface area (Å²) in [6.07, 6.45) is 12.2. The van der Waals surface area contributed by atoms with Crippen LogP contribution in [0, 0.1) is 40.9 Å². The Hall–Kier alpha value is -1.74. The molecule has 1 saturated heterocycles. The van der Waals surface area contributed by atoms with Gasteiger partial charge in [0.25, 0.3) is 0 Å². The lowest BCUT2D eigenvalue weighted by molar-refractivity contribution is -0.151. The molecule has 45 heavy (non-hydrogen) atoms. The van der Waals surface area contributed by atoms with Gasteiger partial charge in [-0.1, -0.05) is 63.5 Å². The van der Waals surface area contributed by atoms with Gasteiger partial charge in [-0.15, -0.1) is 5.06 Å². The number of rotatable bonds is 8. The van der Waals surface area contributed by atoms with Gasteiger partial charge in [0.15, 0.2) is 0 Å². The zero-order valence-corrected chi connectivity index (χ0v) is 29.2. The van der Waals surface area contributed by atoms with Crippen molar-refractivity contribution in [2.24, 2.45) is 40.9 Å². The lowest BCUT2D eigenvalue weighted by atomic mass is 9.52. The molecule has 5 aliphatic rings. The number of hydroxylamine groups is 2. The molecule has 3 saturated carbocycles. The van der Waals surface area contributed by atoms with Crippen molar-refractivity contribution in [1.29, 1.82) is 0 Å². The number of carbonyl (C=O) groups is 1. The van der Waals surface area contributed by atoms with Gasteiger partial charge in [-0.2, -0.15) is 0 Å². The zero-order chi connectivity index (χ0) is 32.1. The lowest BCUT2D eigenvalue weighted by Crippen LogP contribution is -2.50. The van der Waals surface area contributed by atoms with Crippen LogP contribution in [0.5, 0.6) is 0 Å². The quantitative estimate of drug-likeness (QED) is 0.240. The summed E-state index contributed by atoms with van der Waals surface area (Å²) in [7, 11) is -3.18. The minimum absolute atomic E-state index is 0.0280. The highest BCUT2D eigenvalue weighted by atomic mass is 32.2. The minimum Gasteiger partial charge on any atom is -0.373 e. The van der Waals surface area contributed by atoms with Crippen LogP contribution in [-0.2, 0) is 19.6 Å². The van der Waals surface area contributed by atoms with E-state index in [1.54, 1.807) is 5.57 Å². The third kappa shape index (κ3) is 6.42. The molecule has 0 bridgehead atoms. The fraction of sp³-hybridized carbons (Fsp3) is 0.757. The summed E-state index contributed by atoms with van der Waals surface area (Å²) in [5.41, 5.74) is 3.86. The molecule has 0 amide bonds. The van der Waals surface area contributed by atoms with Gasteiger partial charge in [0.1, 0.15) is 0 Å². The standard InChI is InChI=1S/C37H56N2O5S/c1-7-24(2)22-39(44-35(40)27-11-9-8-10-12-27)34-23-43-37(26(34)4)18-16-30-31-14-13-28-19-29(38-45(6,41)42)15-17-36(28,5)33(31)20-32(30)25(3)21-37/h8-12,24,26,28-31,33-34,38H,7,13-23H2,1-6H3/t24-,26+,28+,29+,30-,31-,33-,34+,36-,37-/m0/s1. The number of allylic oxidation sites excluding steroid dienone is 1. The molecule has 7 nitrogen and oxygen atoms in total. The first-order valence-electron chi connectivity index (χ1n) is 17.7. The highest BCUT2D eigenvalue weighted by Gasteiger charge is 2.58. The van der Waals surface area contributed by atoms with Crippen LogP contribution in [0.4, 0.5) is 0 Å². The molecule has 8 heteroatoms. The average Bonchev–Trinajstić information content (AvgIpc) is 3.49. The highest BCUT2D eigenvalue weighted by Crippen LogP contribution is 2.65. The maximum absolute atomic E-state index is 13.2. The Morgan fingerprint density at radius 3 is 2.62 bits per heavy atom. The molecule has 0 aromatic heterocycles. The smallest absolute Gasteiger partial charge is 0.357 e. The Bertz CT molecular complexity index is 1380. The summed E-state index contributed by atoms with van der Waals surface area (Å²) in [4.78, 5) is 19.4. The van der Waals surface area contributed by atoms with E-state index < -0.39 is 10.0 Å². The van der Waals surface area contributed by atoms with E-state index in [0.717, 1.165) is 38.5 Å². The predicted octanol–water partition coefficient (Wildman–Crippen LogP) is 7.15. The fourth-order valence-electron chi connectivity index (χ4n) is 10.4. The largest absolute Gasteiger partial charge is 0.373 e. The minimum atomic E-state index is -3.18. The number of carbonyl (C=O) groups excluding carboxylic acids is 1. The van der Waals surface area contributed by atoms with E-state index >= 15 is 0 Å². The van der Waals surface area contributed by atoms with Crippen LogP contribution in [0.2, 0.25) is 0 Å². The second-order valence-electron chi connectivity index (χ2n) is 15.8. The molecule has 10 atom stereocenters. The van der Waals surface area contributed by atoms with Crippen LogP contribution >= 0.6 is 0 Å². The van der Waals surface area contributed by atoms with E-state index in [-0.39, 0.29) is 35.0 Å². The Kier molecular flexibility index (Phi) is 9.36. The summed E-state index contributed by atoms with van der Waals surface area (Å²) >= 11 is 0. The Morgan fingerprint density at radius 2 is 1.91 bits per heavy atom. The second kappa shape index (κ2) is 12.7. The number of nitrogens with one attached hydrogen (secondary N) is 1. The van der Waals surface area contributed by atoms with Crippen LogP contribution in [-0.4, -0.2) is 56.5 Å². The van der Waals surface area contributed by atoms with Crippen molar-refractivity contribution in [3.8, 4) is 0 Å². The van der Waals surface area contributed by atoms with Gasteiger partial charge >= 0.3 is 5.97 Å². The number of ether oxygens (including phenoxy) is 1. The first-order chi connectivity index (χ1) is 21.3. The van der Waals surface area contributed by atoms with Gasteiger partial charge < -0.3 is 9.57 Å². The van der Waals surface area contributed by atoms with E-state index in [9.17, 15) is 13.2 Å². The molecule has 1 heterocycles. The summed E-state index contributed by atoms with van der Waals surface area (Å²) < 4.78 is 33.7. The van der Waals surface area contributed by atoms with Crippen molar-refractivity contribution >= 4 is 16.0 Å². The molecule has 4 fully saturated rings. The lowest BCUT2D eigenvalue weighted by Gasteiger charge is -2.54. The van der Waals surface area contributed by atoms with E-state index in [4.69, 9.17) is 9.57 Å². The fourth-order valence-corrected chi connectivity index (χ4v) is 11.2. The Morgan fingerprint density at radius 1 is 1.16 bits per heavy atom. The molecule has 1 aliphatic heterocycles. The number of hydrogen-bond donors (Lipinski definition) is 1. The van der Waals surface area contributed by atoms with E-state index in [2.05, 4.69) is 39.3 Å². The number of sulfonamides is 1. The van der Waals surface area contributed by atoms with E-state index in [0.29, 0.717) is 48.3 Å².